The quantitative estimate of drug-likeness (QED) is 0.466. The molecule has 1 unspecified atom stereocenters. The lowest BCUT2D eigenvalue weighted by molar-refractivity contribution is -0.118. The van der Waals surface area contributed by atoms with Crippen molar-refractivity contribution in [1.29, 1.82) is 0 Å². The van der Waals surface area contributed by atoms with Crippen LogP contribution in [0.25, 0.3) is 0 Å². The standard InChI is InChI=1S/C25H39N5O5S/c1-4-8-29-17-21-23(26-25(32)24(21)27(3)18-29)20-16-19(6-7-22(20)35-15-5-2)36(33,34)30-11-9-28(10-12-30)13-14-31/h6-7,16,23,31H,4-5,8-15,17-18H2,1-3H3,(H,26,32). The Morgan fingerprint density at radius 2 is 1.83 bits per heavy atom. The SMILES string of the molecule is CCCOc1ccc(S(=O)(=O)N2CCN(CCO)CC2)cc1C1NC(=O)C2=C1CN(CCC)CN2C. The Morgan fingerprint density at radius 3 is 2.50 bits per heavy atom. The van der Waals surface area contributed by atoms with Crippen LogP contribution in [0.5, 0.6) is 5.75 Å². The number of aliphatic hydroxyl groups excluding tert-OH is 1. The number of likely N-dealkylation sites (N-methyl/N-ethyl adjacent to an activating group) is 1. The molecule has 3 aliphatic heterocycles. The smallest absolute Gasteiger partial charge is 0.268 e. The Kier molecular flexibility index (Phi) is 8.56. The monoisotopic (exact) mass is 521 g/mol. The Morgan fingerprint density at radius 1 is 1.08 bits per heavy atom. The highest BCUT2D eigenvalue weighted by Gasteiger charge is 2.40. The van der Waals surface area contributed by atoms with Gasteiger partial charge in [-0.15, -0.1) is 0 Å². The molecule has 1 aromatic rings. The second-order valence-electron chi connectivity index (χ2n) is 9.69. The fraction of sp³-hybridized carbons (Fsp3) is 0.640. The fourth-order valence-electron chi connectivity index (χ4n) is 5.29. The number of carbonyl (C=O) groups excluding carboxylic acids is 1. The number of benzene rings is 1. The van der Waals surface area contributed by atoms with Gasteiger partial charge in [0.05, 0.1) is 30.8 Å². The largest absolute Gasteiger partial charge is 0.493 e. The Labute approximate surface area is 214 Å². The molecule has 1 saturated heterocycles. The van der Waals surface area contributed by atoms with E-state index in [4.69, 9.17) is 4.74 Å². The van der Waals surface area contributed by atoms with Gasteiger partial charge >= 0.3 is 0 Å². The van der Waals surface area contributed by atoms with Crippen LogP contribution in [-0.2, 0) is 14.8 Å². The number of ether oxygens (including phenoxy) is 1. The molecule has 1 fully saturated rings. The zero-order chi connectivity index (χ0) is 25.9. The lowest BCUT2D eigenvalue weighted by Crippen LogP contribution is -2.49. The van der Waals surface area contributed by atoms with Crippen molar-refractivity contribution in [2.75, 3.05) is 72.7 Å². The maximum Gasteiger partial charge on any atom is 0.268 e. The summed E-state index contributed by atoms with van der Waals surface area (Å²) in [5.41, 5.74) is 2.30. The lowest BCUT2D eigenvalue weighted by atomic mass is 9.97. The Bertz CT molecular complexity index is 1080. The minimum Gasteiger partial charge on any atom is -0.493 e. The molecule has 0 radical (unpaired) electrons. The van der Waals surface area contributed by atoms with Gasteiger partial charge in [-0.1, -0.05) is 13.8 Å². The number of nitrogens with zero attached hydrogens (tertiary/aromatic N) is 4. The highest BCUT2D eigenvalue weighted by molar-refractivity contribution is 7.89. The topological polar surface area (TPSA) is 106 Å². The molecular weight excluding hydrogens is 482 g/mol. The molecular formula is C25H39N5O5S. The van der Waals surface area contributed by atoms with Crippen molar-refractivity contribution >= 4 is 15.9 Å². The third kappa shape index (κ3) is 5.40. The van der Waals surface area contributed by atoms with Gasteiger partial charge in [-0.3, -0.25) is 14.6 Å². The van der Waals surface area contributed by atoms with Crippen molar-refractivity contribution in [2.45, 2.75) is 37.6 Å². The maximum absolute atomic E-state index is 13.6. The average Bonchev–Trinajstić information content (AvgIpc) is 3.19. The molecule has 0 saturated carbocycles. The summed E-state index contributed by atoms with van der Waals surface area (Å²) in [5, 5.41) is 12.3. The molecule has 3 aliphatic rings. The average molecular weight is 522 g/mol. The predicted octanol–water partition coefficient (Wildman–Crippen LogP) is 0.814. The maximum atomic E-state index is 13.6. The molecule has 10 nitrogen and oxygen atoms in total. The summed E-state index contributed by atoms with van der Waals surface area (Å²) in [5.74, 6) is 0.459. The number of amides is 1. The molecule has 0 aliphatic carbocycles. The third-order valence-corrected chi connectivity index (χ3v) is 8.90. The van der Waals surface area contributed by atoms with E-state index in [9.17, 15) is 18.3 Å². The first-order valence-electron chi connectivity index (χ1n) is 12.9. The van der Waals surface area contributed by atoms with E-state index in [2.05, 4.69) is 22.0 Å². The summed E-state index contributed by atoms with van der Waals surface area (Å²) in [7, 11) is -1.80. The molecule has 0 bridgehead atoms. The van der Waals surface area contributed by atoms with Crippen molar-refractivity contribution in [1.82, 2.24) is 24.3 Å². The minimum atomic E-state index is -3.72. The third-order valence-electron chi connectivity index (χ3n) is 7.01. The van der Waals surface area contributed by atoms with Gasteiger partial charge in [-0.25, -0.2) is 8.42 Å². The number of hydrogen-bond donors (Lipinski definition) is 2. The summed E-state index contributed by atoms with van der Waals surface area (Å²) < 4.78 is 34.7. The number of piperazine rings is 1. The van der Waals surface area contributed by atoms with Crippen molar-refractivity contribution in [2.24, 2.45) is 0 Å². The molecule has 36 heavy (non-hydrogen) atoms. The van der Waals surface area contributed by atoms with E-state index in [1.807, 2.05) is 18.9 Å². The number of carbonyl (C=O) groups is 1. The second-order valence-corrected chi connectivity index (χ2v) is 11.6. The van der Waals surface area contributed by atoms with E-state index < -0.39 is 16.1 Å². The molecule has 3 heterocycles. The molecule has 0 aromatic heterocycles. The van der Waals surface area contributed by atoms with Gasteiger partial charge in [0.15, 0.2) is 0 Å². The van der Waals surface area contributed by atoms with Crippen LogP contribution in [-0.4, -0.2) is 111 Å². The van der Waals surface area contributed by atoms with Gasteiger partial charge < -0.3 is 20.1 Å². The van der Waals surface area contributed by atoms with Crippen LogP contribution in [0.15, 0.2) is 34.4 Å². The van der Waals surface area contributed by atoms with Crippen LogP contribution < -0.4 is 10.1 Å². The molecule has 1 aromatic carbocycles. The Balaban J connectivity index is 1.68. The van der Waals surface area contributed by atoms with Crippen molar-refractivity contribution in [3.63, 3.8) is 0 Å². The van der Waals surface area contributed by atoms with Crippen LogP contribution in [0.4, 0.5) is 0 Å². The number of aliphatic hydroxyl groups is 1. The number of hydrogen-bond acceptors (Lipinski definition) is 8. The van der Waals surface area contributed by atoms with Gasteiger partial charge in [-0.05, 0) is 43.2 Å². The van der Waals surface area contributed by atoms with Gasteiger partial charge in [0, 0.05) is 51.9 Å². The van der Waals surface area contributed by atoms with Crippen molar-refractivity contribution in [3.05, 3.63) is 35.0 Å². The first-order chi connectivity index (χ1) is 17.3. The fourth-order valence-corrected chi connectivity index (χ4v) is 6.74. The van der Waals surface area contributed by atoms with Crippen LogP contribution in [0.1, 0.15) is 38.3 Å². The first kappa shape index (κ1) is 26.9. The Hall–Kier alpha value is -2.18. The van der Waals surface area contributed by atoms with Crippen LogP contribution >= 0.6 is 0 Å². The zero-order valence-corrected chi connectivity index (χ0v) is 22.4. The zero-order valence-electron chi connectivity index (χ0n) is 21.6. The van der Waals surface area contributed by atoms with E-state index in [0.717, 1.165) is 25.0 Å². The van der Waals surface area contributed by atoms with Gasteiger partial charge in [-0.2, -0.15) is 4.31 Å². The van der Waals surface area contributed by atoms with Crippen LogP contribution in [0, 0.1) is 0 Å². The first-order valence-corrected chi connectivity index (χ1v) is 14.3. The van der Waals surface area contributed by atoms with Crippen LogP contribution in [0.3, 0.4) is 0 Å². The molecule has 200 valence electrons. The van der Waals surface area contributed by atoms with Gasteiger partial charge in [0.2, 0.25) is 10.0 Å². The van der Waals surface area contributed by atoms with E-state index in [1.165, 1.54) is 4.31 Å². The normalized spacial score (nSPS) is 22.2. The molecule has 11 heteroatoms. The number of sulfonamides is 1. The molecule has 4 rings (SSSR count). The molecule has 1 atom stereocenters. The summed E-state index contributed by atoms with van der Waals surface area (Å²) in [6, 6.07) is 4.56. The highest BCUT2D eigenvalue weighted by atomic mass is 32.2. The van der Waals surface area contributed by atoms with E-state index in [-0.39, 0.29) is 17.4 Å². The number of rotatable bonds is 10. The summed E-state index contributed by atoms with van der Waals surface area (Å²) in [6.07, 6.45) is 1.82. The summed E-state index contributed by atoms with van der Waals surface area (Å²) >= 11 is 0. The van der Waals surface area contributed by atoms with Crippen molar-refractivity contribution in [3.8, 4) is 5.75 Å². The van der Waals surface area contributed by atoms with Crippen molar-refractivity contribution < 1.29 is 23.1 Å². The van der Waals surface area contributed by atoms with E-state index in [0.29, 0.717) is 69.6 Å². The minimum absolute atomic E-state index is 0.0607. The van der Waals surface area contributed by atoms with Gasteiger partial charge in [0.25, 0.3) is 5.91 Å². The number of β-amino-alcohol motifs (C(OH)–C–C–N with tert-alkyl or cyclic N) is 1. The number of nitrogens with one attached hydrogen (secondary N) is 1. The summed E-state index contributed by atoms with van der Waals surface area (Å²) in [6.45, 7) is 9.41. The van der Waals surface area contributed by atoms with Crippen LogP contribution in [0.2, 0.25) is 0 Å². The van der Waals surface area contributed by atoms with E-state index in [1.54, 1.807) is 18.2 Å². The second kappa shape index (κ2) is 11.5. The molecule has 0 spiro atoms. The van der Waals surface area contributed by atoms with E-state index >= 15 is 0 Å². The summed E-state index contributed by atoms with van der Waals surface area (Å²) in [4.78, 5) is 19.5. The highest BCUT2D eigenvalue weighted by Crippen LogP contribution is 2.39. The lowest BCUT2D eigenvalue weighted by Gasteiger charge is -2.35. The molecule has 2 N–H and O–H groups in total. The molecule has 1 amide bonds. The predicted molar refractivity (Wildman–Crippen MR) is 137 cm³/mol. The van der Waals surface area contributed by atoms with Gasteiger partial charge in [0.1, 0.15) is 11.4 Å².